The first-order chi connectivity index (χ1) is 11.0. The van der Waals surface area contributed by atoms with Crippen LogP contribution in [0, 0.1) is 22.7 Å². The van der Waals surface area contributed by atoms with Gasteiger partial charge >= 0.3 is 0 Å². The number of aromatic amines is 1. The van der Waals surface area contributed by atoms with Crippen LogP contribution in [0.4, 0.5) is 5.82 Å². The van der Waals surface area contributed by atoms with Crippen molar-refractivity contribution in [3.63, 3.8) is 0 Å². The maximum Gasteiger partial charge on any atom is 0.289 e. The standard InChI is InChI=1S/C15H13N5OS2/c1-9(12-3-2-4-22-12)19-13(21)8-23-15-11(7-17)5-10(6-16)14(18)20-15/h2-5,9H,8H2,1H3,(H2,18,20)(H,19,21)/p+1/t9-/m1/s1. The first-order valence-corrected chi connectivity index (χ1v) is 8.53. The number of nitrogens with two attached hydrogens (primary N) is 1. The Morgan fingerprint density at radius 3 is 2.83 bits per heavy atom. The van der Waals surface area contributed by atoms with Crippen LogP contribution in [-0.2, 0) is 4.79 Å². The fourth-order valence-corrected chi connectivity index (χ4v) is 3.40. The second kappa shape index (κ2) is 7.63. The summed E-state index contributed by atoms with van der Waals surface area (Å²) in [6.07, 6.45) is 0. The zero-order chi connectivity index (χ0) is 16.8. The summed E-state index contributed by atoms with van der Waals surface area (Å²) in [6.45, 7) is 1.92. The molecule has 2 heterocycles. The van der Waals surface area contributed by atoms with E-state index in [-0.39, 0.29) is 29.1 Å². The zero-order valence-corrected chi connectivity index (χ0v) is 13.9. The summed E-state index contributed by atoms with van der Waals surface area (Å²) in [5.74, 6) is 0.184. The van der Waals surface area contributed by atoms with E-state index < -0.39 is 0 Å². The van der Waals surface area contributed by atoms with Gasteiger partial charge in [0.05, 0.1) is 11.8 Å². The van der Waals surface area contributed by atoms with Gasteiger partial charge in [-0.05, 0) is 24.4 Å². The van der Waals surface area contributed by atoms with Gasteiger partial charge < -0.3 is 5.32 Å². The molecule has 4 N–H and O–H groups in total. The van der Waals surface area contributed by atoms with Crippen molar-refractivity contribution in [2.75, 3.05) is 11.5 Å². The minimum absolute atomic E-state index is 0.0615. The highest BCUT2D eigenvalue weighted by atomic mass is 32.2. The molecule has 0 aromatic carbocycles. The van der Waals surface area contributed by atoms with Gasteiger partial charge in [0.15, 0.2) is 5.03 Å². The maximum absolute atomic E-state index is 12.0. The molecule has 2 aromatic rings. The number of hydrogen-bond acceptors (Lipinski definition) is 6. The molecule has 0 fully saturated rings. The van der Waals surface area contributed by atoms with Crippen molar-refractivity contribution in [2.24, 2.45) is 0 Å². The summed E-state index contributed by atoms with van der Waals surface area (Å²) < 4.78 is 0. The van der Waals surface area contributed by atoms with E-state index in [1.54, 1.807) is 11.3 Å². The first-order valence-electron chi connectivity index (χ1n) is 6.66. The predicted molar refractivity (Wildman–Crippen MR) is 88.4 cm³/mol. The van der Waals surface area contributed by atoms with Crippen molar-refractivity contribution < 1.29 is 9.78 Å². The maximum atomic E-state index is 12.0. The van der Waals surface area contributed by atoms with Gasteiger partial charge in [-0.25, -0.2) is 4.98 Å². The Kier molecular flexibility index (Phi) is 5.58. The van der Waals surface area contributed by atoms with Crippen LogP contribution < -0.4 is 16.0 Å². The number of aromatic nitrogens is 1. The molecule has 116 valence electrons. The number of thiophene rings is 1. The van der Waals surface area contributed by atoms with Gasteiger partial charge in [0.25, 0.3) is 5.82 Å². The number of anilines is 1. The first kappa shape index (κ1) is 16.8. The highest BCUT2D eigenvalue weighted by Gasteiger charge is 2.17. The summed E-state index contributed by atoms with van der Waals surface area (Å²) >= 11 is 2.76. The van der Waals surface area contributed by atoms with Gasteiger partial charge in [0.1, 0.15) is 23.3 Å². The van der Waals surface area contributed by atoms with Crippen LogP contribution in [0.2, 0.25) is 0 Å². The van der Waals surface area contributed by atoms with Gasteiger partial charge in [-0.3, -0.25) is 10.5 Å². The molecular formula is C15H14N5OS2+. The number of nitrogens with zero attached hydrogens (tertiary/aromatic N) is 2. The Bertz CT molecular complexity index is 789. The van der Waals surface area contributed by atoms with Crippen LogP contribution in [-0.4, -0.2) is 11.7 Å². The molecule has 1 amide bonds. The van der Waals surface area contributed by atoms with Crippen molar-refractivity contribution in [3.8, 4) is 12.1 Å². The molecule has 1 atom stereocenters. The largest absolute Gasteiger partial charge is 0.348 e. The Balaban J connectivity index is 2.01. The minimum Gasteiger partial charge on any atom is -0.348 e. The van der Waals surface area contributed by atoms with Gasteiger partial charge in [0.2, 0.25) is 5.91 Å². The summed E-state index contributed by atoms with van der Waals surface area (Å²) in [5.41, 5.74) is 6.21. The fourth-order valence-electron chi connectivity index (χ4n) is 1.86. The van der Waals surface area contributed by atoms with Crippen LogP contribution in [0.15, 0.2) is 28.6 Å². The number of carbonyl (C=O) groups excluding carboxylic acids is 1. The molecule has 23 heavy (non-hydrogen) atoms. The monoisotopic (exact) mass is 344 g/mol. The van der Waals surface area contributed by atoms with Crippen LogP contribution in [0.25, 0.3) is 0 Å². The third kappa shape index (κ3) is 4.22. The van der Waals surface area contributed by atoms with E-state index in [1.807, 2.05) is 36.6 Å². The van der Waals surface area contributed by atoms with Crippen molar-refractivity contribution >= 4 is 34.8 Å². The normalized spacial score (nSPS) is 11.3. The lowest BCUT2D eigenvalue weighted by Gasteiger charge is -2.11. The third-order valence-electron chi connectivity index (χ3n) is 3.01. The number of thioether (sulfide) groups is 1. The fraction of sp³-hybridized carbons (Fsp3) is 0.200. The number of nitrogen functional groups attached to an aromatic ring is 1. The van der Waals surface area contributed by atoms with E-state index in [4.69, 9.17) is 16.3 Å². The molecule has 0 spiro atoms. The molecule has 0 saturated carbocycles. The molecular weight excluding hydrogens is 330 g/mol. The summed E-state index contributed by atoms with van der Waals surface area (Å²) in [5, 5.41) is 23.4. The number of H-pyrrole nitrogens is 1. The molecule has 0 aliphatic heterocycles. The number of amides is 1. The SMILES string of the molecule is C[C@@H](NC(=O)CSc1[nH+]c(N)c(C#N)cc1C#N)c1cccs1. The Labute approximate surface area is 141 Å². The van der Waals surface area contributed by atoms with E-state index in [0.717, 1.165) is 4.88 Å². The average molecular weight is 344 g/mol. The van der Waals surface area contributed by atoms with E-state index >= 15 is 0 Å². The van der Waals surface area contributed by atoms with Crippen LogP contribution in [0.3, 0.4) is 0 Å². The van der Waals surface area contributed by atoms with Gasteiger partial charge in [0, 0.05) is 4.88 Å². The summed E-state index contributed by atoms with van der Waals surface area (Å²) in [4.78, 5) is 15.9. The van der Waals surface area contributed by atoms with Crippen molar-refractivity contribution in [3.05, 3.63) is 39.6 Å². The molecule has 2 rings (SSSR count). The molecule has 0 saturated heterocycles. The van der Waals surface area contributed by atoms with Crippen LogP contribution in [0.1, 0.15) is 29.0 Å². The number of rotatable bonds is 5. The number of nitriles is 2. The quantitative estimate of drug-likeness (QED) is 0.803. The molecule has 0 unspecified atom stereocenters. The van der Waals surface area contributed by atoms with E-state index in [2.05, 4.69) is 10.3 Å². The number of pyridine rings is 1. The number of carbonyl (C=O) groups is 1. The average Bonchev–Trinajstić information content (AvgIpc) is 3.07. The molecule has 0 aliphatic rings. The predicted octanol–water partition coefficient (Wildman–Crippen LogP) is 1.86. The van der Waals surface area contributed by atoms with Crippen molar-refractivity contribution in [1.82, 2.24) is 5.32 Å². The lowest BCUT2D eigenvalue weighted by molar-refractivity contribution is -0.410. The smallest absolute Gasteiger partial charge is 0.289 e. The molecule has 8 heteroatoms. The number of hydrogen-bond donors (Lipinski definition) is 2. The van der Waals surface area contributed by atoms with Crippen LogP contribution in [0.5, 0.6) is 0 Å². The van der Waals surface area contributed by atoms with Gasteiger partial charge in [-0.15, -0.1) is 11.3 Å². The molecule has 0 aliphatic carbocycles. The third-order valence-corrected chi connectivity index (χ3v) is 5.08. The van der Waals surface area contributed by atoms with Crippen molar-refractivity contribution in [2.45, 2.75) is 18.0 Å². The Morgan fingerprint density at radius 1 is 1.48 bits per heavy atom. The summed E-state index contributed by atoms with van der Waals surface area (Å²) in [7, 11) is 0. The van der Waals surface area contributed by atoms with Gasteiger partial charge in [-0.1, -0.05) is 17.8 Å². The molecule has 2 aromatic heterocycles. The lowest BCUT2D eigenvalue weighted by atomic mass is 10.2. The summed E-state index contributed by atoms with van der Waals surface area (Å²) in [6, 6.07) is 9.16. The molecule has 0 radical (unpaired) electrons. The highest BCUT2D eigenvalue weighted by molar-refractivity contribution is 7.99. The number of nitrogens with one attached hydrogen (secondary N) is 2. The second-order valence-corrected chi connectivity index (χ2v) is 6.62. The second-order valence-electron chi connectivity index (χ2n) is 4.66. The van der Waals surface area contributed by atoms with Crippen LogP contribution >= 0.6 is 23.1 Å². The van der Waals surface area contributed by atoms with E-state index in [1.165, 1.54) is 17.8 Å². The van der Waals surface area contributed by atoms with E-state index in [9.17, 15) is 4.79 Å². The lowest BCUT2D eigenvalue weighted by Crippen LogP contribution is -2.28. The topological polar surface area (TPSA) is 117 Å². The van der Waals surface area contributed by atoms with Gasteiger partial charge in [-0.2, -0.15) is 10.5 Å². The van der Waals surface area contributed by atoms with Crippen molar-refractivity contribution in [1.29, 1.82) is 10.5 Å². The highest BCUT2D eigenvalue weighted by Crippen LogP contribution is 2.21. The molecule has 0 bridgehead atoms. The zero-order valence-electron chi connectivity index (χ0n) is 12.3. The molecule has 6 nitrogen and oxygen atoms in total. The Hall–Kier alpha value is -2.55. The van der Waals surface area contributed by atoms with E-state index in [0.29, 0.717) is 10.6 Å². The Morgan fingerprint density at radius 2 is 2.22 bits per heavy atom. The minimum atomic E-state index is -0.142.